The number of halogens is 1. The van der Waals surface area contributed by atoms with Gasteiger partial charge in [0.05, 0.1) is 18.2 Å². The van der Waals surface area contributed by atoms with Crippen molar-refractivity contribution in [1.29, 1.82) is 0 Å². The predicted octanol–water partition coefficient (Wildman–Crippen LogP) is 0.583. The minimum Gasteiger partial charge on any atom is -0.394 e. The Morgan fingerprint density at radius 3 is 2.94 bits per heavy atom. The van der Waals surface area contributed by atoms with Gasteiger partial charge in [-0.1, -0.05) is 0 Å². The van der Waals surface area contributed by atoms with Crippen molar-refractivity contribution < 1.29 is 9.90 Å². The molecule has 6 nitrogen and oxygen atoms in total. The molecule has 1 heterocycles. The first-order valence-corrected chi connectivity index (χ1v) is 5.80. The molecule has 94 valence electrons. The number of aromatic nitrogens is 1. The standard InChI is InChI=1S/C10H15BrN4O2/c1-6(5-16)15(2)10(17)8-3-7(11)4-13-9(8)14-12/h3-4,6,16H,5,12H2,1-2H3,(H,13,14). The van der Waals surface area contributed by atoms with Gasteiger partial charge in [-0.15, -0.1) is 0 Å². The number of nitrogen functional groups attached to an aromatic ring is 1. The number of aliphatic hydroxyl groups excluding tert-OH is 1. The maximum atomic E-state index is 12.1. The van der Waals surface area contributed by atoms with E-state index in [0.717, 1.165) is 0 Å². The van der Waals surface area contributed by atoms with Crippen LogP contribution in [-0.2, 0) is 0 Å². The highest BCUT2D eigenvalue weighted by Gasteiger charge is 2.20. The van der Waals surface area contributed by atoms with Gasteiger partial charge in [-0.2, -0.15) is 0 Å². The highest BCUT2D eigenvalue weighted by molar-refractivity contribution is 9.10. The number of aliphatic hydroxyl groups is 1. The van der Waals surface area contributed by atoms with Gasteiger partial charge in [0.2, 0.25) is 0 Å². The average Bonchev–Trinajstić information content (AvgIpc) is 2.35. The van der Waals surface area contributed by atoms with Crippen LogP contribution in [0.4, 0.5) is 5.82 Å². The molecule has 1 rings (SSSR count). The topological polar surface area (TPSA) is 91.5 Å². The first-order valence-electron chi connectivity index (χ1n) is 5.01. The van der Waals surface area contributed by atoms with Gasteiger partial charge in [-0.3, -0.25) is 4.79 Å². The molecule has 0 aliphatic carbocycles. The SMILES string of the molecule is CC(CO)N(C)C(=O)c1cc(Br)cnc1NN. The van der Waals surface area contributed by atoms with Crippen molar-refractivity contribution in [2.45, 2.75) is 13.0 Å². The predicted molar refractivity (Wildman–Crippen MR) is 68.4 cm³/mol. The molecule has 4 N–H and O–H groups in total. The lowest BCUT2D eigenvalue weighted by molar-refractivity contribution is 0.0682. The van der Waals surface area contributed by atoms with Crippen LogP contribution in [0.25, 0.3) is 0 Å². The van der Waals surface area contributed by atoms with E-state index in [-0.39, 0.29) is 18.6 Å². The van der Waals surface area contributed by atoms with Gasteiger partial charge >= 0.3 is 0 Å². The van der Waals surface area contributed by atoms with Crippen molar-refractivity contribution >= 4 is 27.7 Å². The number of amides is 1. The molecule has 1 aromatic rings. The normalized spacial score (nSPS) is 12.1. The number of carbonyl (C=O) groups excluding carboxylic acids is 1. The molecule has 1 aromatic heterocycles. The molecule has 0 aliphatic rings. The zero-order valence-corrected chi connectivity index (χ0v) is 11.2. The summed E-state index contributed by atoms with van der Waals surface area (Å²) in [5, 5.41) is 9.02. The summed E-state index contributed by atoms with van der Waals surface area (Å²) in [5.41, 5.74) is 2.73. The molecule has 0 radical (unpaired) electrons. The van der Waals surface area contributed by atoms with Gasteiger partial charge in [0.1, 0.15) is 0 Å². The van der Waals surface area contributed by atoms with Gasteiger partial charge in [0.15, 0.2) is 5.82 Å². The molecule has 7 heteroatoms. The number of carbonyl (C=O) groups is 1. The number of hydrazine groups is 1. The summed E-state index contributed by atoms with van der Waals surface area (Å²) in [5.74, 6) is 5.34. The van der Waals surface area contributed by atoms with Crippen molar-refractivity contribution in [3.8, 4) is 0 Å². The van der Waals surface area contributed by atoms with Crippen molar-refractivity contribution in [3.63, 3.8) is 0 Å². The third kappa shape index (κ3) is 3.15. The van der Waals surface area contributed by atoms with E-state index in [1.54, 1.807) is 26.2 Å². The lowest BCUT2D eigenvalue weighted by atomic mass is 10.2. The summed E-state index contributed by atoms with van der Waals surface area (Å²) < 4.78 is 0.685. The number of likely N-dealkylation sites (N-methyl/N-ethyl adjacent to an activating group) is 1. The highest BCUT2D eigenvalue weighted by atomic mass is 79.9. The number of nitrogens with zero attached hydrogens (tertiary/aromatic N) is 2. The van der Waals surface area contributed by atoms with E-state index in [1.807, 2.05) is 0 Å². The van der Waals surface area contributed by atoms with E-state index in [4.69, 9.17) is 10.9 Å². The third-order valence-electron chi connectivity index (χ3n) is 2.47. The van der Waals surface area contributed by atoms with Crippen molar-refractivity contribution in [2.75, 3.05) is 19.1 Å². The zero-order chi connectivity index (χ0) is 13.0. The van der Waals surface area contributed by atoms with Crippen LogP contribution in [-0.4, -0.2) is 40.6 Å². The lowest BCUT2D eigenvalue weighted by Crippen LogP contribution is -2.37. The zero-order valence-electron chi connectivity index (χ0n) is 9.64. The van der Waals surface area contributed by atoms with E-state index in [2.05, 4.69) is 26.3 Å². The summed E-state index contributed by atoms with van der Waals surface area (Å²) in [4.78, 5) is 17.6. The molecule has 0 saturated heterocycles. The molecule has 17 heavy (non-hydrogen) atoms. The van der Waals surface area contributed by atoms with Crippen LogP contribution in [0, 0.1) is 0 Å². The average molecular weight is 303 g/mol. The molecule has 1 atom stereocenters. The largest absolute Gasteiger partial charge is 0.394 e. The van der Waals surface area contributed by atoms with Crippen LogP contribution < -0.4 is 11.3 Å². The minimum atomic E-state index is -0.271. The minimum absolute atomic E-state index is 0.102. The van der Waals surface area contributed by atoms with Crippen LogP contribution in [0.15, 0.2) is 16.7 Å². The Balaban J connectivity index is 3.06. The molecule has 0 bridgehead atoms. The first kappa shape index (κ1) is 13.9. The number of hydrogen-bond acceptors (Lipinski definition) is 5. The smallest absolute Gasteiger partial charge is 0.257 e. The molecule has 1 unspecified atom stereocenters. The third-order valence-corrected chi connectivity index (χ3v) is 2.90. The quantitative estimate of drug-likeness (QED) is 0.559. The molecule has 1 amide bonds. The van der Waals surface area contributed by atoms with E-state index < -0.39 is 0 Å². The van der Waals surface area contributed by atoms with Crippen LogP contribution in [0.5, 0.6) is 0 Å². The Hall–Kier alpha value is -1.18. The van der Waals surface area contributed by atoms with Crippen LogP contribution in [0.3, 0.4) is 0 Å². The Morgan fingerprint density at radius 2 is 2.41 bits per heavy atom. The van der Waals surface area contributed by atoms with E-state index >= 15 is 0 Å². The fourth-order valence-corrected chi connectivity index (χ4v) is 1.56. The monoisotopic (exact) mass is 302 g/mol. The Bertz CT molecular complexity index is 413. The number of nitrogens with one attached hydrogen (secondary N) is 1. The van der Waals surface area contributed by atoms with E-state index in [1.165, 1.54) is 4.90 Å². The van der Waals surface area contributed by atoms with Gasteiger partial charge in [0.25, 0.3) is 5.91 Å². The molecular formula is C10H15BrN4O2. The van der Waals surface area contributed by atoms with Gasteiger partial charge in [-0.25, -0.2) is 10.8 Å². The summed E-state index contributed by atoms with van der Waals surface area (Å²) in [7, 11) is 1.62. The molecule has 0 spiro atoms. The number of pyridine rings is 1. The fourth-order valence-electron chi connectivity index (χ4n) is 1.23. The number of anilines is 1. The maximum Gasteiger partial charge on any atom is 0.257 e. The molecule has 0 aromatic carbocycles. The second kappa shape index (κ2) is 5.95. The molecule has 0 fully saturated rings. The van der Waals surface area contributed by atoms with Crippen molar-refractivity contribution in [2.24, 2.45) is 5.84 Å². The van der Waals surface area contributed by atoms with Gasteiger partial charge < -0.3 is 15.4 Å². The number of rotatable bonds is 4. The van der Waals surface area contributed by atoms with E-state index in [9.17, 15) is 4.79 Å². The summed E-state index contributed by atoms with van der Waals surface area (Å²) in [6, 6.07) is 1.36. The number of hydrogen-bond donors (Lipinski definition) is 3. The van der Waals surface area contributed by atoms with Crippen molar-refractivity contribution in [1.82, 2.24) is 9.88 Å². The first-order chi connectivity index (χ1) is 8.01. The lowest BCUT2D eigenvalue weighted by Gasteiger charge is -2.23. The fraction of sp³-hybridized carbons (Fsp3) is 0.400. The van der Waals surface area contributed by atoms with E-state index in [0.29, 0.717) is 15.9 Å². The summed E-state index contributed by atoms with van der Waals surface area (Å²) >= 11 is 3.25. The van der Waals surface area contributed by atoms with Crippen LogP contribution in [0.1, 0.15) is 17.3 Å². The van der Waals surface area contributed by atoms with Crippen LogP contribution >= 0.6 is 15.9 Å². The van der Waals surface area contributed by atoms with Crippen molar-refractivity contribution in [3.05, 3.63) is 22.3 Å². The maximum absolute atomic E-state index is 12.1. The second-order valence-electron chi connectivity index (χ2n) is 3.64. The molecule has 0 aliphatic heterocycles. The molecular weight excluding hydrogens is 288 g/mol. The summed E-state index contributed by atoms with van der Waals surface area (Å²) in [6.07, 6.45) is 1.54. The summed E-state index contributed by atoms with van der Waals surface area (Å²) in [6.45, 7) is 1.65. The van der Waals surface area contributed by atoms with Gasteiger partial charge in [0, 0.05) is 17.7 Å². The highest BCUT2D eigenvalue weighted by Crippen LogP contribution is 2.19. The Kier molecular flexibility index (Phi) is 4.86. The Morgan fingerprint density at radius 1 is 1.76 bits per heavy atom. The number of nitrogens with two attached hydrogens (primary N) is 1. The Labute approximate surface area is 108 Å². The molecule has 0 saturated carbocycles. The van der Waals surface area contributed by atoms with Gasteiger partial charge in [-0.05, 0) is 28.9 Å². The second-order valence-corrected chi connectivity index (χ2v) is 4.56. The van der Waals surface area contributed by atoms with Crippen LogP contribution in [0.2, 0.25) is 0 Å².